The Hall–Kier alpha value is -1.67. The summed E-state index contributed by atoms with van der Waals surface area (Å²) < 4.78 is 13.6. The van der Waals surface area contributed by atoms with E-state index in [1.165, 1.54) is 23.1 Å². The average molecular weight is 326 g/mol. The molecule has 1 heterocycles. The van der Waals surface area contributed by atoms with Crippen LogP contribution in [0.4, 0.5) is 9.52 Å². The van der Waals surface area contributed by atoms with Crippen LogP contribution in [0.2, 0.25) is 0 Å². The minimum absolute atomic E-state index is 0.167. The minimum atomic E-state index is -0.600. The van der Waals surface area contributed by atoms with E-state index >= 15 is 0 Å². The van der Waals surface area contributed by atoms with Crippen molar-refractivity contribution in [1.29, 1.82) is 0 Å². The van der Waals surface area contributed by atoms with Crippen LogP contribution in [0.3, 0.4) is 0 Å². The molecule has 1 aromatic heterocycles. The summed E-state index contributed by atoms with van der Waals surface area (Å²) in [6.45, 7) is -0.600. The molecule has 0 aliphatic rings. The van der Waals surface area contributed by atoms with Gasteiger partial charge in [-0.05, 0) is 12.0 Å². The maximum atomic E-state index is 13.0. The highest BCUT2D eigenvalue weighted by atomic mass is 32.2. The van der Waals surface area contributed by atoms with E-state index in [0.29, 0.717) is 15.9 Å². The molecule has 2 rings (SSSR count). The fraction of sp³-hybridized carbons (Fsp3) is 0.308. The van der Waals surface area contributed by atoms with E-state index in [4.69, 9.17) is 5.73 Å². The zero-order valence-corrected chi connectivity index (χ0v) is 12.8. The Morgan fingerprint density at radius 3 is 2.76 bits per heavy atom. The van der Waals surface area contributed by atoms with Gasteiger partial charge < -0.3 is 11.1 Å². The zero-order valence-electron chi connectivity index (χ0n) is 11.2. The number of nitrogen functional groups attached to an aromatic ring is 1. The lowest BCUT2D eigenvalue weighted by Crippen LogP contribution is -2.39. The maximum absolute atomic E-state index is 13.0. The molecule has 0 aliphatic carbocycles. The van der Waals surface area contributed by atoms with Crippen molar-refractivity contribution in [3.63, 3.8) is 0 Å². The summed E-state index contributed by atoms with van der Waals surface area (Å²) in [4.78, 5) is 11.8. The number of thioether (sulfide) groups is 1. The molecule has 112 valence electrons. The Morgan fingerprint density at radius 1 is 1.38 bits per heavy atom. The van der Waals surface area contributed by atoms with Crippen LogP contribution in [0.25, 0.3) is 0 Å². The third kappa shape index (κ3) is 5.31. The number of nitrogens with one attached hydrogen (secondary N) is 1. The molecule has 1 amide bonds. The summed E-state index contributed by atoms with van der Waals surface area (Å²) in [6.07, 6.45) is 0.472. The van der Waals surface area contributed by atoms with Gasteiger partial charge in [0, 0.05) is 0 Å². The lowest BCUT2D eigenvalue weighted by Gasteiger charge is -2.15. The molecule has 0 saturated carbocycles. The molecule has 2 aromatic rings. The number of benzene rings is 1. The van der Waals surface area contributed by atoms with E-state index in [1.807, 2.05) is 30.3 Å². The Bertz CT molecular complexity index is 579. The normalized spacial score (nSPS) is 12.0. The minimum Gasteiger partial charge on any atom is -0.374 e. The topological polar surface area (TPSA) is 80.9 Å². The van der Waals surface area contributed by atoms with Gasteiger partial charge in [0.1, 0.15) is 6.67 Å². The summed E-state index contributed by atoms with van der Waals surface area (Å²) in [5.74, 6) is -0.0627. The molecule has 5 nitrogen and oxygen atoms in total. The molecular weight excluding hydrogens is 311 g/mol. The van der Waals surface area contributed by atoms with Gasteiger partial charge >= 0.3 is 0 Å². The molecule has 0 spiro atoms. The first kappa shape index (κ1) is 15.7. The first-order chi connectivity index (χ1) is 10.2. The van der Waals surface area contributed by atoms with E-state index < -0.39 is 12.7 Å². The molecule has 0 fully saturated rings. The fourth-order valence-electron chi connectivity index (χ4n) is 1.72. The second-order valence-electron chi connectivity index (χ2n) is 4.30. The van der Waals surface area contributed by atoms with Crippen LogP contribution in [0.15, 0.2) is 34.7 Å². The predicted molar refractivity (Wildman–Crippen MR) is 83.1 cm³/mol. The number of nitrogens with zero attached hydrogens (tertiary/aromatic N) is 2. The molecule has 0 radical (unpaired) electrons. The maximum Gasteiger partial charge on any atom is 0.230 e. The molecule has 8 heteroatoms. The Kier molecular flexibility index (Phi) is 5.94. The van der Waals surface area contributed by atoms with Gasteiger partial charge in [-0.1, -0.05) is 53.4 Å². The number of amides is 1. The van der Waals surface area contributed by atoms with Gasteiger partial charge in [0.25, 0.3) is 0 Å². The third-order valence-electron chi connectivity index (χ3n) is 2.63. The number of rotatable bonds is 7. The largest absolute Gasteiger partial charge is 0.374 e. The quantitative estimate of drug-likeness (QED) is 0.760. The Morgan fingerprint density at radius 2 is 2.14 bits per heavy atom. The monoisotopic (exact) mass is 326 g/mol. The lowest BCUT2D eigenvalue weighted by atomic mass is 10.1. The van der Waals surface area contributed by atoms with Crippen LogP contribution in [-0.4, -0.2) is 34.6 Å². The Labute approximate surface area is 130 Å². The fourth-order valence-corrected chi connectivity index (χ4v) is 3.17. The molecule has 0 bridgehead atoms. The van der Waals surface area contributed by atoms with Gasteiger partial charge in [0.15, 0.2) is 4.34 Å². The number of nitrogens with two attached hydrogens (primary N) is 1. The zero-order chi connectivity index (χ0) is 15.1. The third-order valence-corrected chi connectivity index (χ3v) is 4.51. The number of aromatic nitrogens is 2. The van der Waals surface area contributed by atoms with Crippen LogP contribution in [0.1, 0.15) is 5.56 Å². The van der Waals surface area contributed by atoms with Gasteiger partial charge in [-0.15, -0.1) is 10.2 Å². The SMILES string of the molecule is Nc1nnc(SCC(=O)NC(CF)Cc2ccccc2)s1. The van der Waals surface area contributed by atoms with Gasteiger partial charge in [0.05, 0.1) is 11.8 Å². The van der Waals surface area contributed by atoms with E-state index in [1.54, 1.807) is 0 Å². The number of carbonyl (C=O) groups excluding carboxylic acids is 1. The van der Waals surface area contributed by atoms with Crippen molar-refractivity contribution in [3.05, 3.63) is 35.9 Å². The molecule has 1 atom stereocenters. The molecule has 1 aromatic carbocycles. The summed E-state index contributed by atoms with van der Waals surface area (Å²) in [7, 11) is 0. The summed E-state index contributed by atoms with van der Waals surface area (Å²) >= 11 is 2.46. The van der Waals surface area contributed by atoms with E-state index in [9.17, 15) is 9.18 Å². The highest BCUT2D eigenvalue weighted by Crippen LogP contribution is 2.23. The van der Waals surface area contributed by atoms with Crippen molar-refractivity contribution in [2.24, 2.45) is 0 Å². The van der Waals surface area contributed by atoms with Crippen LogP contribution < -0.4 is 11.1 Å². The van der Waals surface area contributed by atoms with Gasteiger partial charge in [-0.25, -0.2) is 4.39 Å². The van der Waals surface area contributed by atoms with Gasteiger partial charge in [-0.2, -0.15) is 0 Å². The highest BCUT2D eigenvalue weighted by molar-refractivity contribution is 8.01. The first-order valence-corrected chi connectivity index (χ1v) is 8.08. The summed E-state index contributed by atoms with van der Waals surface area (Å²) in [5.41, 5.74) is 6.45. The van der Waals surface area contributed by atoms with Crippen LogP contribution in [0, 0.1) is 0 Å². The Balaban J connectivity index is 1.79. The second-order valence-corrected chi connectivity index (χ2v) is 6.53. The molecule has 0 aliphatic heterocycles. The van der Waals surface area contributed by atoms with Crippen molar-refractivity contribution in [2.75, 3.05) is 18.2 Å². The van der Waals surface area contributed by atoms with Crippen molar-refractivity contribution in [1.82, 2.24) is 15.5 Å². The smallest absolute Gasteiger partial charge is 0.230 e. The average Bonchev–Trinajstić information content (AvgIpc) is 2.91. The highest BCUT2D eigenvalue weighted by Gasteiger charge is 2.14. The van der Waals surface area contributed by atoms with Crippen molar-refractivity contribution in [3.8, 4) is 0 Å². The van der Waals surface area contributed by atoms with Crippen LogP contribution in [-0.2, 0) is 11.2 Å². The second kappa shape index (κ2) is 7.94. The van der Waals surface area contributed by atoms with E-state index in [2.05, 4.69) is 15.5 Å². The number of carbonyl (C=O) groups is 1. The standard InChI is InChI=1S/C13H15FN4OS2/c14-7-10(6-9-4-2-1-3-5-9)16-11(19)8-20-13-18-17-12(15)21-13/h1-5,10H,6-8H2,(H2,15,17)(H,16,19). The van der Waals surface area contributed by atoms with Gasteiger partial charge in [-0.3, -0.25) is 4.79 Å². The number of anilines is 1. The summed E-state index contributed by atoms with van der Waals surface area (Å²) in [5, 5.41) is 10.5. The number of alkyl halides is 1. The number of hydrogen-bond donors (Lipinski definition) is 2. The number of hydrogen-bond acceptors (Lipinski definition) is 6. The molecular formula is C13H15FN4OS2. The molecule has 3 N–H and O–H groups in total. The van der Waals surface area contributed by atoms with Gasteiger partial charge in [0.2, 0.25) is 11.0 Å². The molecule has 1 unspecified atom stereocenters. The van der Waals surface area contributed by atoms with Crippen molar-refractivity contribution in [2.45, 2.75) is 16.8 Å². The van der Waals surface area contributed by atoms with Crippen molar-refractivity contribution < 1.29 is 9.18 Å². The van der Waals surface area contributed by atoms with Crippen LogP contribution >= 0.6 is 23.1 Å². The molecule has 0 saturated heterocycles. The summed E-state index contributed by atoms with van der Waals surface area (Å²) in [6, 6.07) is 8.99. The first-order valence-electron chi connectivity index (χ1n) is 6.28. The predicted octanol–water partition coefficient (Wildman–Crippen LogP) is 1.91. The van der Waals surface area contributed by atoms with E-state index in [0.717, 1.165) is 5.56 Å². The van der Waals surface area contributed by atoms with Crippen molar-refractivity contribution >= 4 is 34.1 Å². The van der Waals surface area contributed by atoms with E-state index in [-0.39, 0.29) is 11.7 Å². The number of halogens is 1. The van der Waals surface area contributed by atoms with Crippen LogP contribution in [0.5, 0.6) is 0 Å². The lowest BCUT2D eigenvalue weighted by molar-refractivity contribution is -0.119. The molecule has 21 heavy (non-hydrogen) atoms.